The maximum absolute atomic E-state index is 13.1. The lowest BCUT2D eigenvalue weighted by Gasteiger charge is -2.34. The van der Waals surface area contributed by atoms with Gasteiger partial charge in [-0.25, -0.2) is 0 Å². The summed E-state index contributed by atoms with van der Waals surface area (Å²) in [5, 5.41) is 9.25. The van der Waals surface area contributed by atoms with E-state index in [1.807, 2.05) is 32.0 Å². The van der Waals surface area contributed by atoms with E-state index in [-0.39, 0.29) is 30.8 Å². The van der Waals surface area contributed by atoms with E-state index in [4.69, 9.17) is 4.74 Å². The van der Waals surface area contributed by atoms with E-state index in [2.05, 4.69) is 0 Å². The molecule has 0 radical (unpaired) electrons. The van der Waals surface area contributed by atoms with Gasteiger partial charge >= 0.3 is 5.97 Å². The second kappa shape index (κ2) is 8.08. The van der Waals surface area contributed by atoms with Crippen molar-refractivity contribution in [1.82, 2.24) is 4.90 Å². The molecule has 0 bridgehead atoms. The van der Waals surface area contributed by atoms with E-state index in [0.29, 0.717) is 32.6 Å². The van der Waals surface area contributed by atoms with Gasteiger partial charge in [-0.05, 0) is 43.9 Å². The number of ether oxygens (including phenoxy) is 1. The first-order valence-corrected chi connectivity index (χ1v) is 9.35. The molecule has 0 aliphatic carbocycles. The van der Waals surface area contributed by atoms with Crippen molar-refractivity contribution in [3.05, 3.63) is 29.3 Å². The number of carboxylic acid groups (broad SMARTS) is 1. The van der Waals surface area contributed by atoms with Crippen LogP contribution in [-0.2, 0) is 19.1 Å². The molecule has 146 valence electrons. The number of hydrogen-bond donors (Lipinski definition) is 1. The maximum Gasteiger partial charge on any atom is 0.323 e. The van der Waals surface area contributed by atoms with Crippen LogP contribution in [0.15, 0.2) is 18.2 Å². The van der Waals surface area contributed by atoms with Gasteiger partial charge in [-0.3, -0.25) is 14.4 Å². The van der Waals surface area contributed by atoms with Crippen molar-refractivity contribution >= 4 is 23.5 Å². The summed E-state index contributed by atoms with van der Waals surface area (Å²) in [4.78, 5) is 40.1. The number of amides is 2. The van der Waals surface area contributed by atoms with Gasteiger partial charge in [-0.15, -0.1) is 0 Å². The lowest BCUT2D eigenvalue weighted by molar-refractivity contribution is -0.149. The van der Waals surface area contributed by atoms with Crippen molar-refractivity contribution in [2.45, 2.75) is 39.2 Å². The number of nitrogens with zero attached hydrogens (tertiary/aromatic N) is 2. The lowest BCUT2D eigenvalue weighted by atomic mass is 10.0. The zero-order valence-electron chi connectivity index (χ0n) is 15.8. The summed E-state index contributed by atoms with van der Waals surface area (Å²) in [6.07, 6.45) is 1.37. The lowest BCUT2D eigenvalue weighted by Crippen LogP contribution is -2.48. The highest BCUT2D eigenvalue weighted by molar-refractivity contribution is 6.01. The minimum absolute atomic E-state index is 0.0932. The third-order valence-electron chi connectivity index (χ3n) is 5.56. The summed E-state index contributed by atoms with van der Waals surface area (Å²) in [5.74, 6) is -1.89. The molecular formula is C20H26N2O5. The Balaban J connectivity index is 1.78. The molecule has 27 heavy (non-hydrogen) atoms. The Labute approximate surface area is 158 Å². The molecule has 1 aromatic carbocycles. The average molecular weight is 374 g/mol. The molecular weight excluding hydrogens is 348 g/mol. The number of rotatable bonds is 5. The molecule has 3 rings (SSSR count). The van der Waals surface area contributed by atoms with Gasteiger partial charge < -0.3 is 19.6 Å². The predicted molar refractivity (Wildman–Crippen MR) is 99.6 cm³/mol. The standard InChI is InChI=1S/C20H26N2O5/c1-13-4-3-5-17(14(13)2)22-11-15(10-18(22)23)20(26)21(12-19(24)25)16-6-8-27-9-7-16/h3-5,15-16H,6-12H2,1-2H3,(H,24,25)/t15-/m0/s1. The summed E-state index contributed by atoms with van der Waals surface area (Å²) in [6, 6.07) is 5.63. The van der Waals surface area contributed by atoms with Crippen molar-refractivity contribution in [3.63, 3.8) is 0 Å². The van der Waals surface area contributed by atoms with Crippen LogP contribution >= 0.6 is 0 Å². The zero-order valence-corrected chi connectivity index (χ0v) is 15.8. The fourth-order valence-corrected chi connectivity index (χ4v) is 3.90. The highest BCUT2D eigenvalue weighted by Gasteiger charge is 2.40. The highest BCUT2D eigenvalue weighted by Crippen LogP contribution is 2.31. The fraction of sp³-hybridized carbons (Fsp3) is 0.550. The Hall–Kier alpha value is -2.41. The van der Waals surface area contributed by atoms with Crippen molar-refractivity contribution in [2.24, 2.45) is 5.92 Å². The third kappa shape index (κ3) is 4.13. The van der Waals surface area contributed by atoms with Gasteiger partial charge in [0.1, 0.15) is 6.54 Å². The summed E-state index contributed by atoms with van der Waals surface area (Å²) in [5.41, 5.74) is 2.93. The minimum Gasteiger partial charge on any atom is -0.480 e. The molecule has 2 aliphatic heterocycles. The van der Waals surface area contributed by atoms with Crippen LogP contribution in [-0.4, -0.2) is 60.1 Å². The van der Waals surface area contributed by atoms with E-state index in [1.165, 1.54) is 4.90 Å². The molecule has 0 saturated carbocycles. The molecule has 7 nitrogen and oxygen atoms in total. The van der Waals surface area contributed by atoms with Gasteiger partial charge in [-0.2, -0.15) is 0 Å². The van der Waals surface area contributed by atoms with Crippen LogP contribution in [0.1, 0.15) is 30.4 Å². The number of aryl methyl sites for hydroxylation is 1. The number of carbonyl (C=O) groups is 3. The largest absolute Gasteiger partial charge is 0.480 e. The average Bonchev–Trinajstić information content (AvgIpc) is 3.03. The van der Waals surface area contributed by atoms with Gasteiger partial charge in [0.25, 0.3) is 0 Å². The molecule has 2 amide bonds. The van der Waals surface area contributed by atoms with Gasteiger partial charge in [0.15, 0.2) is 0 Å². The topological polar surface area (TPSA) is 87.2 Å². The molecule has 0 aromatic heterocycles. The summed E-state index contributed by atoms with van der Waals surface area (Å²) in [7, 11) is 0. The maximum atomic E-state index is 13.1. The Morgan fingerprint density at radius 3 is 2.63 bits per heavy atom. The number of anilines is 1. The first kappa shape index (κ1) is 19.4. The first-order chi connectivity index (χ1) is 12.9. The summed E-state index contributed by atoms with van der Waals surface area (Å²) >= 11 is 0. The minimum atomic E-state index is -1.04. The van der Waals surface area contributed by atoms with E-state index in [1.54, 1.807) is 4.90 Å². The molecule has 2 fully saturated rings. The Morgan fingerprint density at radius 1 is 1.26 bits per heavy atom. The molecule has 2 aliphatic rings. The second-order valence-corrected chi connectivity index (χ2v) is 7.33. The Kier molecular flexibility index (Phi) is 5.79. The van der Waals surface area contributed by atoms with E-state index < -0.39 is 11.9 Å². The number of benzene rings is 1. The Morgan fingerprint density at radius 2 is 1.96 bits per heavy atom. The van der Waals surface area contributed by atoms with Crippen LogP contribution in [0.3, 0.4) is 0 Å². The monoisotopic (exact) mass is 374 g/mol. The number of aliphatic carboxylic acids is 1. The van der Waals surface area contributed by atoms with Crippen molar-refractivity contribution < 1.29 is 24.2 Å². The molecule has 1 N–H and O–H groups in total. The number of carboxylic acids is 1. The third-order valence-corrected chi connectivity index (χ3v) is 5.56. The molecule has 2 saturated heterocycles. The van der Waals surface area contributed by atoms with Crippen molar-refractivity contribution in [1.29, 1.82) is 0 Å². The molecule has 1 atom stereocenters. The van der Waals surface area contributed by atoms with Gasteiger partial charge in [0.05, 0.1) is 5.92 Å². The molecule has 0 unspecified atom stereocenters. The SMILES string of the molecule is Cc1cccc(N2C[C@@H](C(=O)N(CC(=O)O)C3CCOCC3)CC2=O)c1C. The molecule has 2 heterocycles. The zero-order chi connectivity index (χ0) is 19.6. The molecule has 7 heteroatoms. The van der Waals surface area contributed by atoms with E-state index in [0.717, 1.165) is 16.8 Å². The van der Waals surface area contributed by atoms with Gasteiger partial charge in [0.2, 0.25) is 11.8 Å². The van der Waals surface area contributed by atoms with Crippen molar-refractivity contribution in [2.75, 3.05) is 31.2 Å². The van der Waals surface area contributed by atoms with Crippen LogP contribution in [0.4, 0.5) is 5.69 Å². The second-order valence-electron chi connectivity index (χ2n) is 7.33. The molecule has 1 aromatic rings. The fourth-order valence-electron chi connectivity index (χ4n) is 3.90. The normalized spacial score (nSPS) is 20.7. The summed E-state index contributed by atoms with van der Waals surface area (Å²) < 4.78 is 5.33. The van der Waals surface area contributed by atoms with Crippen molar-refractivity contribution in [3.8, 4) is 0 Å². The number of carbonyl (C=O) groups excluding carboxylic acids is 2. The Bertz CT molecular complexity index is 742. The predicted octanol–water partition coefficient (Wildman–Crippen LogP) is 1.75. The van der Waals surface area contributed by atoms with E-state index >= 15 is 0 Å². The van der Waals surface area contributed by atoms with E-state index in [9.17, 15) is 19.5 Å². The van der Waals surface area contributed by atoms with Crippen LogP contribution < -0.4 is 4.90 Å². The van der Waals surface area contributed by atoms with Crippen LogP contribution in [0.5, 0.6) is 0 Å². The van der Waals surface area contributed by atoms with Crippen LogP contribution in [0, 0.1) is 19.8 Å². The summed E-state index contributed by atoms with van der Waals surface area (Å²) in [6.45, 7) is 4.95. The van der Waals surface area contributed by atoms with Gasteiger partial charge in [0, 0.05) is 37.9 Å². The highest BCUT2D eigenvalue weighted by atomic mass is 16.5. The quantitative estimate of drug-likeness (QED) is 0.848. The first-order valence-electron chi connectivity index (χ1n) is 9.35. The smallest absolute Gasteiger partial charge is 0.323 e. The van der Waals surface area contributed by atoms with Crippen LogP contribution in [0.25, 0.3) is 0 Å². The molecule has 0 spiro atoms. The number of hydrogen-bond acceptors (Lipinski definition) is 4. The van der Waals surface area contributed by atoms with Gasteiger partial charge in [-0.1, -0.05) is 12.1 Å². The van der Waals surface area contributed by atoms with Crippen LogP contribution in [0.2, 0.25) is 0 Å².